The van der Waals surface area contributed by atoms with Crippen LogP contribution in [0.25, 0.3) is 0 Å². The van der Waals surface area contributed by atoms with E-state index in [1.54, 1.807) is 0 Å². The lowest BCUT2D eigenvalue weighted by atomic mass is 9.70. The fourth-order valence-corrected chi connectivity index (χ4v) is 2.90. The molecule has 0 bridgehead atoms. The Labute approximate surface area is 102 Å². The lowest BCUT2D eigenvalue weighted by molar-refractivity contribution is -0.122. The van der Waals surface area contributed by atoms with Gasteiger partial charge >= 0.3 is 0 Å². The van der Waals surface area contributed by atoms with Crippen LogP contribution >= 0.6 is 0 Å². The topological polar surface area (TPSA) is 55.1 Å². The number of primary amides is 1. The van der Waals surface area contributed by atoms with Gasteiger partial charge in [-0.2, -0.15) is 0 Å². The van der Waals surface area contributed by atoms with Crippen LogP contribution in [0.5, 0.6) is 0 Å². The molecule has 0 aromatic heterocycles. The van der Waals surface area contributed by atoms with E-state index in [0.29, 0.717) is 6.54 Å². The lowest BCUT2D eigenvalue weighted by Crippen LogP contribution is -2.41. The van der Waals surface area contributed by atoms with E-state index in [1.807, 2.05) is 0 Å². The Balaban J connectivity index is 2.43. The minimum Gasteiger partial charge on any atom is -0.369 e. The molecule has 1 aromatic carbocycles. The van der Waals surface area contributed by atoms with Crippen LogP contribution in [-0.2, 0) is 10.2 Å². The number of hydrogen-bond acceptors (Lipinski definition) is 2. The summed E-state index contributed by atoms with van der Waals surface area (Å²) in [7, 11) is 0. The molecule has 1 aromatic rings. The van der Waals surface area contributed by atoms with Gasteiger partial charge in [0.25, 0.3) is 0 Å². The molecule has 0 aliphatic carbocycles. The molecule has 3 N–H and O–H groups in total. The lowest BCUT2D eigenvalue weighted by Gasteiger charge is -2.32. The van der Waals surface area contributed by atoms with Crippen molar-refractivity contribution in [3.05, 3.63) is 35.4 Å². The van der Waals surface area contributed by atoms with E-state index < -0.39 is 0 Å². The average Bonchev–Trinajstić information content (AvgIpc) is 2.75. The summed E-state index contributed by atoms with van der Waals surface area (Å²) in [5.41, 5.74) is 7.87. The highest BCUT2D eigenvalue weighted by molar-refractivity contribution is 5.79. The van der Waals surface area contributed by atoms with Crippen LogP contribution in [-0.4, -0.2) is 19.0 Å². The van der Waals surface area contributed by atoms with Gasteiger partial charge in [-0.1, -0.05) is 36.8 Å². The Bertz CT molecular complexity index is 413. The molecule has 2 atom stereocenters. The maximum Gasteiger partial charge on any atom is 0.222 e. The minimum atomic E-state index is -0.197. The van der Waals surface area contributed by atoms with E-state index >= 15 is 0 Å². The van der Waals surface area contributed by atoms with Crippen molar-refractivity contribution in [2.24, 2.45) is 11.7 Å². The van der Waals surface area contributed by atoms with Crippen molar-refractivity contribution in [3.8, 4) is 0 Å². The molecule has 92 valence electrons. The summed E-state index contributed by atoms with van der Waals surface area (Å²) in [6.45, 7) is 5.72. The maximum absolute atomic E-state index is 11.6. The second-order valence-electron chi connectivity index (χ2n) is 4.96. The van der Waals surface area contributed by atoms with Crippen molar-refractivity contribution in [2.45, 2.75) is 25.7 Å². The number of nitrogens with one attached hydrogen (secondary N) is 1. The Morgan fingerprint density at radius 3 is 2.65 bits per heavy atom. The third-order valence-electron chi connectivity index (χ3n) is 4.06. The van der Waals surface area contributed by atoms with Crippen LogP contribution in [0.3, 0.4) is 0 Å². The Morgan fingerprint density at radius 2 is 2.12 bits per heavy atom. The number of hydrogen-bond donors (Lipinski definition) is 2. The largest absolute Gasteiger partial charge is 0.369 e. The highest BCUT2D eigenvalue weighted by Gasteiger charge is 2.45. The number of amides is 1. The molecule has 1 aliphatic heterocycles. The zero-order valence-electron chi connectivity index (χ0n) is 10.5. The summed E-state index contributed by atoms with van der Waals surface area (Å²) in [5.74, 6) is -0.298. The highest BCUT2D eigenvalue weighted by atomic mass is 16.1. The number of aryl methyl sites for hydroxylation is 1. The standard InChI is InChI=1S/C14H20N2O/c1-3-14(9-16-8-12(14)13(15)17)11-6-4-10(2)5-7-11/h4-7,12,16H,3,8-9H2,1-2H3,(H2,15,17). The van der Waals surface area contributed by atoms with Crippen LogP contribution in [0.4, 0.5) is 0 Å². The molecule has 1 saturated heterocycles. The van der Waals surface area contributed by atoms with Crippen molar-refractivity contribution in [1.29, 1.82) is 0 Å². The predicted octanol–water partition coefficient (Wildman–Crippen LogP) is 1.35. The van der Waals surface area contributed by atoms with Crippen molar-refractivity contribution < 1.29 is 4.79 Å². The van der Waals surface area contributed by atoms with Gasteiger partial charge in [0.15, 0.2) is 0 Å². The van der Waals surface area contributed by atoms with Crippen molar-refractivity contribution in [1.82, 2.24) is 5.32 Å². The van der Waals surface area contributed by atoms with Crippen LogP contribution in [0.15, 0.2) is 24.3 Å². The van der Waals surface area contributed by atoms with Crippen LogP contribution < -0.4 is 11.1 Å². The molecule has 1 fully saturated rings. The monoisotopic (exact) mass is 232 g/mol. The molecule has 1 heterocycles. The summed E-state index contributed by atoms with van der Waals surface area (Å²) in [4.78, 5) is 11.6. The van der Waals surface area contributed by atoms with Crippen molar-refractivity contribution >= 4 is 5.91 Å². The van der Waals surface area contributed by atoms with E-state index in [1.165, 1.54) is 11.1 Å². The Kier molecular flexibility index (Phi) is 3.20. The smallest absolute Gasteiger partial charge is 0.222 e. The molecule has 3 heteroatoms. The fourth-order valence-electron chi connectivity index (χ4n) is 2.90. The molecule has 0 saturated carbocycles. The summed E-state index contributed by atoms with van der Waals surface area (Å²) in [6.07, 6.45) is 0.927. The molecule has 2 unspecified atom stereocenters. The zero-order chi connectivity index (χ0) is 12.5. The molecule has 1 amide bonds. The van der Waals surface area contributed by atoms with Gasteiger partial charge in [0.1, 0.15) is 0 Å². The van der Waals surface area contributed by atoms with E-state index in [4.69, 9.17) is 5.73 Å². The van der Waals surface area contributed by atoms with Gasteiger partial charge in [-0.15, -0.1) is 0 Å². The normalized spacial score (nSPS) is 28.2. The molecule has 0 spiro atoms. The molecule has 0 radical (unpaired) electrons. The van der Waals surface area contributed by atoms with Crippen LogP contribution in [0.2, 0.25) is 0 Å². The minimum absolute atomic E-state index is 0.102. The summed E-state index contributed by atoms with van der Waals surface area (Å²) in [5, 5.41) is 3.31. The number of carbonyl (C=O) groups is 1. The molecule has 1 aliphatic rings. The Hall–Kier alpha value is -1.35. The molecule has 3 nitrogen and oxygen atoms in total. The molecule has 17 heavy (non-hydrogen) atoms. The van der Waals surface area contributed by atoms with E-state index in [-0.39, 0.29) is 17.2 Å². The van der Waals surface area contributed by atoms with E-state index in [2.05, 4.69) is 43.4 Å². The van der Waals surface area contributed by atoms with Crippen molar-refractivity contribution in [3.63, 3.8) is 0 Å². The van der Waals surface area contributed by atoms with Gasteiger partial charge in [-0.05, 0) is 18.9 Å². The van der Waals surface area contributed by atoms with Crippen molar-refractivity contribution in [2.75, 3.05) is 13.1 Å². The number of nitrogens with two attached hydrogens (primary N) is 1. The van der Waals surface area contributed by atoms with Gasteiger partial charge in [-0.3, -0.25) is 4.79 Å². The van der Waals surface area contributed by atoms with Gasteiger partial charge in [0, 0.05) is 18.5 Å². The number of benzene rings is 1. The first-order valence-electron chi connectivity index (χ1n) is 6.17. The third kappa shape index (κ3) is 1.95. The number of rotatable bonds is 3. The number of carbonyl (C=O) groups excluding carboxylic acids is 1. The molecule has 2 rings (SSSR count). The summed E-state index contributed by atoms with van der Waals surface area (Å²) >= 11 is 0. The zero-order valence-corrected chi connectivity index (χ0v) is 10.5. The Morgan fingerprint density at radius 1 is 1.47 bits per heavy atom. The van der Waals surface area contributed by atoms with Gasteiger partial charge < -0.3 is 11.1 Å². The molecular formula is C14H20N2O. The fraction of sp³-hybridized carbons (Fsp3) is 0.500. The van der Waals surface area contributed by atoms with Gasteiger partial charge in [-0.25, -0.2) is 0 Å². The van der Waals surface area contributed by atoms with E-state index in [9.17, 15) is 4.79 Å². The molecular weight excluding hydrogens is 212 g/mol. The second-order valence-corrected chi connectivity index (χ2v) is 4.96. The summed E-state index contributed by atoms with van der Waals surface area (Å²) in [6, 6.07) is 8.45. The quantitative estimate of drug-likeness (QED) is 0.826. The predicted molar refractivity (Wildman–Crippen MR) is 68.7 cm³/mol. The maximum atomic E-state index is 11.6. The SMILES string of the molecule is CCC1(c2ccc(C)cc2)CNCC1C(N)=O. The van der Waals surface area contributed by atoms with Gasteiger partial charge in [0.2, 0.25) is 5.91 Å². The first-order valence-corrected chi connectivity index (χ1v) is 6.17. The first kappa shape index (κ1) is 12.1. The van der Waals surface area contributed by atoms with Crippen LogP contribution in [0, 0.1) is 12.8 Å². The third-order valence-corrected chi connectivity index (χ3v) is 4.06. The van der Waals surface area contributed by atoms with E-state index in [0.717, 1.165) is 13.0 Å². The van der Waals surface area contributed by atoms with Crippen LogP contribution in [0.1, 0.15) is 24.5 Å². The summed E-state index contributed by atoms with van der Waals surface area (Å²) < 4.78 is 0. The van der Waals surface area contributed by atoms with Gasteiger partial charge in [0.05, 0.1) is 5.92 Å². The first-order chi connectivity index (χ1) is 8.10. The second kappa shape index (κ2) is 4.49. The highest BCUT2D eigenvalue weighted by Crippen LogP contribution is 2.38. The average molecular weight is 232 g/mol.